The molecule has 2 heteroatoms. The summed E-state index contributed by atoms with van der Waals surface area (Å²) in [6, 6.07) is 7.77. The maximum Gasteiger partial charge on any atom is 0.228 e. The highest BCUT2D eigenvalue weighted by molar-refractivity contribution is 5.95. The number of rotatable bonds is 3. The average Bonchev–Trinajstić information content (AvgIpc) is 2.48. The van der Waals surface area contributed by atoms with E-state index < -0.39 is 0 Å². The molecule has 0 N–H and O–H groups in total. The topological polar surface area (TPSA) is 20.3 Å². The summed E-state index contributed by atoms with van der Waals surface area (Å²) in [5.74, 6) is -0.0109. The van der Waals surface area contributed by atoms with Gasteiger partial charge in [-0.2, -0.15) is 0 Å². The summed E-state index contributed by atoms with van der Waals surface area (Å²) in [5, 5.41) is 0. The second-order valence-electron chi connectivity index (χ2n) is 5.09. The molecule has 0 radical (unpaired) electrons. The first-order valence-corrected chi connectivity index (χ1v) is 7.18. The maximum atomic E-state index is 11.9. The van der Waals surface area contributed by atoms with Crippen molar-refractivity contribution in [1.29, 1.82) is 0 Å². The van der Waals surface area contributed by atoms with E-state index >= 15 is 0 Å². The summed E-state index contributed by atoms with van der Waals surface area (Å²) < 4.78 is 0. The highest BCUT2D eigenvalue weighted by Crippen LogP contribution is 2.24. The minimum atomic E-state index is -0.0109. The number of anilines is 1. The molecule has 1 aliphatic rings. The number of carbonyl (C=O) groups excluding carboxylic acids is 1. The Balaban J connectivity index is 2.34. The van der Waals surface area contributed by atoms with Crippen LogP contribution in [0.5, 0.6) is 0 Å². The van der Waals surface area contributed by atoms with Crippen molar-refractivity contribution >= 4 is 17.7 Å². The van der Waals surface area contributed by atoms with Crippen LogP contribution in [0.1, 0.15) is 44.6 Å². The first-order chi connectivity index (χ1) is 9.72. The Morgan fingerprint density at radius 1 is 1.25 bits per heavy atom. The zero-order valence-corrected chi connectivity index (χ0v) is 12.1. The quantitative estimate of drug-likeness (QED) is 0.728. The van der Waals surface area contributed by atoms with Crippen LogP contribution in [-0.2, 0) is 4.79 Å². The SMILES string of the molecule is C=Cc1ccccc1N(C=C=C1CCCCC1)C(C)=O. The molecule has 1 amide bonds. The molecule has 0 saturated heterocycles. The summed E-state index contributed by atoms with van der Waals surface area (Å²) in [5.41, 5.74) is 6.45. The van der Waals surface area contributed by atoms with E-state index in [9.17, 15) is 4.79 Å². The van der Waals surface area contributed by atoms with Gasteiger partial charge in [0.25, 0.3) is 0 Å². The van der Waals surface area contributed by atoms with Gasteiger partial charge >= 0.3 is 0 Å². The molecule has 2 nitrogen and oxygen atoms in total. The van der Waals surface area contributed by atoms with Crippen LogP contribution in [-0.4, -0.2) is 5.91 Å². The molecule has 0 spiro atoms. The van der Waals surface area contributed by atoms with Crippen molar-refractivity contribution in [2.45, 2.75) is 39.0 Å². The lowest BCUT2D eigenvalue weighted by atomic mass is 9.96. The number of nitrogens with zero attached hydrogens (tertiary/aromatic N) is 1. The van der Waals surface area contributed by atoms with Crippen molar-refractivity contribution in [3.05, 3.63) is 53.9 Å². The molecule has 0 heterocycles. The standard InChI is InChI=1S/C18H21NO/c1-3-17-11-7-8-12-18(17)19(15(2)20)14-13-16-9-5-4-6-10-16/h3,7-8,11-12,14H,1,4-6,9-10H2,2H3. The molecule has 104 valence electrons. The van der Waals surface area contributed by atoms with Crippen LogP contribution in [0.25, 0.3) is 6.08 Å². The van der Waals surface area contributed by atoms with Gasteiger partial charge in [-0.25, -0.2) is 0 Å². The van der Waals surface area contributed by atoms with Gasteiger partial charge in [-0.3, -0.25) is 9.69 Å². The van der Waals surface area contributed by atoms with Gasteiger partial charge in [0.2, 0.25) is 5.91 Å². The Morgan fingerprint density at radius 2 is 1.95 bits per heavy atom. The third kappa shape index (κ3) is 3.49. The monoisotopic (exact) mass is 267 g/mol. The number of hydrogen-bond acceptors (Lipinski definition) is 1. The minimum absolute atomic E-state index is 0.0109. The van der Waals surface area contributed by atoms with Crippen molar-refractivity contribution in [2.24, 2.45) is 0 Å². The van der Waals surface area contributed by atoms with E-state index in [1.54, 1.807) is 24.1 Å². The van der Waals surface area contributed by atoms with Gasteiger partial charge in [0.1, 0.15) is 0 Å². The summed E-state index contributed by atoms with van der Waals surface area (Å²) in [7, 11) is 0. The van der Waals surface area contributed by atoms with Gasteiger partial charge in [0.15, 0.2) is 0 Å². The normalized spacial score (nSPS) is 14.3. The summed E-state index contributed by atoms with van der Waals surface area (Å²) in [6.45, 7) is 5.38. The molecule has 0 aromatic heterocycles. The predicted octanol–water partition coefficient (Wildman–Crippen LogP) is 4.69. The van der Waals surface area contributed by atoms with Crippen molar-refractivity contribution < 1.29 is 4.79 Å². The van der Waals surface area contributed by atoms with Gasteiger partial charge in [0.05, 0.1) is 11.9 Å². The molecule has 1 saturated carbocycles. The molecule has 2 rings (SSSR count). The van der Waals surface area contributed by atoms with Gasteiger partial charge in [-0.05, 0) is 42.9 Å². The molecule has 0 bridgehead atoms. The van der Waals surface area contributed by atoms with Crippen LogP contribution in [0.2, 0.25) is 0 Å². The molecule has 20 heavy (non-hydrogen) atoms. The zero-order chi connectivity index (χ0) is 14.4. The number of hydrogen-bond donors (Lipinski definition) is 0. The van der Waals surface area contributed by atoms with E-state index in [1.807, 2.05) is 24.3 Å². The smallest absolute Gasteiger partial charge is 0.228 e. The highest BCUT2D eigenvalue weighted by atomic mass is 16.2. The Labute approximate surface area is 121 Å². The van der Waals surface area contributed by atoms with Crippen LogP contribution in [0.3, 0.4) is 0 Å². The molecule has 0 aliphatic heterocycles. The number of amides is 1. The van der Waals surface area contributed by atoms with Crippen LogP contribution in [0.4, 0.5) is 5.69 Å². The second-order valence-corrected chi connectivity index (χ2v) is 5.09. The van der Waals surface area contributed by atoms with E-state index in [0.29, 0.717) is 0 Å². The fourth-order valence-corrected chi connectivity index (χ4v) is 2.49. The van der Waals surface area contributed by atoms with Crippen molar-refractivity contribution in [3.63, 3.8) is 0 Å². The van der Waals surface area contributed by atoms with Crippen LogP contribution in [0.15, 0.2) is 48.3 Å². The van der Waals surface area contributed by atoms with Crippen molar-refractivity contribution in [1.82, 2.24) is 0 Å². The number of carbonyl (C=O) groups is 1. The number of allylic oxidation sites excluding steroid dienone is 1. The minimum Gasteiger partial charge on any atom is -0.280 e. The lowest BCUT2D eigenvalue weighted by Crippen LogP contribution is -2.22. The van der Waals surface area contributed by atoms with E-state index in [0.717, 1.165) is 24.1 Å². The van der Waals surface area contributed by atoms with E-state index in [-0.39, 0.29) is 5.91 Å². The van der Waals surface area contributed by atoms with E-state index in [1.165, 1.54) is 24.8 Å². The molecule has 1 aromatic rings. The largest absolute Gasteiger partial charge is 0.280 e. The van der Waals surface area contributed by atoms with Gasteiger partial charge in [-0.15, -0.1) is 5.73 Å². The summed E-state index contributed by atoms with van der Waals surface area (Å²) >= 11 is 0. The van der Waals surface area contributed by atoms with Crippen LogP contribution < -0.4 is 4.90 Å². The van der Waals surface area contributed by atoms with Crippen molar-refractivity contribution in [2.75, 3.05) is 4.90 Å². The van der Waals surface area contributed by atoms with Crippen LogP contribution in [0, 0.1) is 0 Å². The summed E-state index contributed by atoms with van der Waals surface area (Å²) in [4.78, 5) is 13.5. The molecular formula is C18H21NO. The fraction of sp³-hybridized carbons (Fsp3) is 0.333. The second kappa shape index (κ2) is 6.93. The third-order valence-electron chi connectivity index (χ3n) is 3.61. The van der Waals surface area contributed by atoms with Gasteiger partial charge < -0.3 is 0 Å². The third-order valence-corrected chi connectivity index (χ3v) is 3.61. The molecule has 0 unspecified atom stereocenters. The predicted molar refractivity (Wildman–Crippen MR) is 84.4 cm³/mol. The molecule has 1 aliphatic carbocycles. The molecule has 1 aromatic carbocycles. The number of para-hydroxylation sites is 1. The average molecular weight is 267 g/mol. The lowest BCUT2D eigenvalue weighted by molar-refractivity contribution is -0.116. The van der Waals surface area contributed by atoms with Crippen LogP contribution >= 0.6 is 0 Å². The Hall–Kier alpha value is -2.05. The first kappa shape index (κ1) is 14.4. The molecular weight excluding hydrogens is 246 g/mol. The van der Waals surface area contributed by atoms with E-state index in [2.05, 4.69) is 12.3 Å². The van der Waals surface area contributed by atoms with Gasteiger partial charge in [0, 0.05) is 6.92 Å². The summed E-state index contributed by atoms with van der Waals surface area (Å²) in [6.07, 6.45) is 9.54. The fourth-order valence-electron chi connectivity index (χ4n) is 2.49. The van der Waals surface area contributed by atoms with Gasteiger partial charge in [-0.1, -0.05) is 37.3 Å². The number of benzene rings is 1. The zero-order valence-electron chi connectivity index (χ0n) is 12.1. The Morgan fingerprint density at radius 3 is 2.60 bits per heavy atom. The lowest BCUT2D eigenvalue weighted by Gasteiger charge is -2.18. The molecule has 1 fully saturated rings. The Kier molecular flexibility index (Phi) is 4.97. The molecule has 0 atom stereocenters. The highest BCUT2D eigenvalue weighted by Gasteiger charge is 2.11. The Bertz CT molecular complexity index is 557. The van der Waals surface area contributed by atoms with Crippen molar-refractivity contribution in [3.8, 4) is 0 Å². The first-order valence-electron chi connectivity index (χ1n) is 7.18. The van der Waals surface area contributed by atoms with E-state index in [4.69, 9.17) is 0 Å². The maximum absolute atomic E-state index is 11.9.